The topological polar surface area (TPSA) is 107 Å². The van der Waals surface area contributed by atoms with Gasteiger partial charge in [0.05, 0.1) is 17.5 Å². The molecule has 150 valence electrons. The summed E-state index contributed by atoms with van der Waals surface area (Å²) in [6, 6.07) is 13.3. The molecule has 4 N–H and O–H groups in total. The highest BCUT2D eigenvalue weighted by molar-refractivity contribution is 5.96. The normalized spacial score (nSPS) is 14.9. The van der Waals surface area contributed by atoms with Crippen molar-refractivity contribution in [2.45, 2.75) is 19.8 Å². The zero-order chi connectivity index (χ0) is 20.4. The number of nitrogens with two attached hydrogens (primary N) is 2. The third kappa shape index (κ3) is 3.94. The van der Waals surface area contributed by atoms with Gasteiger partial charge in [-0.25, -0.2) is 4.98 Å². The average Bonchev–Trinajstić information content (AvgIpc) is 2.72. The molecule has 0 atom stereocenters. The number of carbonyl (C=O) groups is 1. The molecule has 1 amide bonds. The molecule has 1 saturated heterocycles. The van der Waals surface area contributed by atoms with E-state index in [4.69, 9.17) is 16.2 Å². The number of piperidine rings is 1. The standard InChI is InChI=1S/C22H25N5O2/c1-14-5-2-3-6-16(14)21(28)27-11-9-15(10-12-27)13-29-18-8-4-7-17-19(18)20(23)26-22(24)25-17/h2-8,15H,9-13H2,1H3,(H4,23,24,25,26). The fraction of sp³-hybridized carbons (Fsp3) is 0.318. The predicted molar refractivity (Wildman–Crippen MR) is 114 cm³/mol. The van der Waals surface area contributed by atoms with E-state index < -0.39 is 0 Å². The van der Waals surface area contributed by atoms with E-state index in [2.05, 4.69) is 9.97 Å². The molecular formula is C22H25N5O2. The van der Waals surface area contributed by atoms with Gasteiger partial charge in [-0.3, -0.25) is 4.79 Å². The van der Waals surface area contributed by atoms with Crippen LogP contribution in [0.2, 0.25) is 0 Å². The lowest BCUT2D eigenvalue weighted by Gasteiger charge is -2.32. The van der Waals surface area contributed by atoms with Crippen molar-refractivity contribution >= 4 is 28.6 Å². The zero-order valence-corrected chi connectivity index (χ0v) is 16.5. The van der Waals surface area contributed by atoms with Gasteiger partial charge in [-0.15, -0.1) is 0 Å². The van der Waals surface area contributed by atoms with Gasteiger partial charge in [-0.1, -0.05) is 24.3 Å². The van der Waals surface area contributed by atoms with Gasteiger partial charge in [0.1, 0.15) is 11.6 Å². The van der Waals surface area contributed by atoms with Crippen LogP contribution in [0.3, 0.4) is 0 Å². The summed E-state index contributed by atoms with van der Waals surface area (Å²) in [7, 11) is 0. The molecule has 0 saturated carbocycles. The number of aryl methyl sites for hydroxylation is 1. The largest absolute Gasteiger partial charge is 0.492 e. The number of ether oxygens (including phenoxy) is 1. The lowest BCUT2D eigenvalue weighted by atomic mass is 9.96. The fourth-order valence-corrected chi connectivity index (χ4v) is 3.81. The van der Waals surface area contributed by atoms with Crippen LogP contribution in [-0.2, 0) is 0 Å². The molecule has 0 unspecified atom stereocenters. The Balaban J connectivity index is 1.38. The van der Waals surface area contributed by atoms with E-state index in [9.17, 15) is 4.79 Å². The molecule has 0 aliphatic carbocycles. The number of nitrogens with zero attached hydrogens (tertiary/aromatic N) is 3. The van der Waals surface area contributed by atoms with Crippen molar-refractivity contribution in [2.75, 3.05) is 31.2 Å². The van der Waals surface area contributed by atoms with Crippen LogP contribution in [0.1, 0.15) is 28.8 Å². The molecule has 29 heavy (non-hydrogen) atoms. The third-order valence-corrected chi connectivity index (χ3v) is 5.48. The minimum atomic E-state index is 0.110. The summed E-state index contributed by atoms with van der Waals surface area (Å²) in [6.07, 6.45) is 1.81. The minimum absolute atomic E-state index is 0.110. The molecule has 2 aromatic carbocycles. The van der Waals surface area contributed by atoms with Crippen molar-refractivity contribution < 1.29 is 9.53 Å². The monoisotopic (exact) mass is 391 g/mol. The molecule has 7 heteroatoms. The molecule has 0 radical (unpaired) electrons. The quantitative estimate of drug-likeness (QED) is 0.708. The number of hydrogen-bond donors (Lipinski definition) is 2. The molecule has 4 rings (SSSR count). The maximum atomic E-state index is 12.8. The maximum absolute atomic E-state index is 12.8. The molecule has 1 aliphatic rings. The first-order valence-electron chi connectivity index (χ1n) is 9.82. The van der Waals surface area contributed by atoms with Gasteiger partial charge in [0.2, 0.25) is 5.95 Å². The Hall–Kier alpha value is -3.35. The summed E-state index contributed by atoms with van der Waals surface area (Å²) in [6.45, 7) is 4.01. The van der Waals surface area contributed by atoms with Crippen molar-refractivity contribution in [3.63, 3.8) is 0 Å². The van der Waals surface area contributed by atoms with E-state index in [1.807, 2.05) is 54.3 Å². The average molecular weight is 391 g/mol. The third-order valence-electron chi connectivity index (χ3n) is 5.48. The second-order valence-corrected chi connectivity index (χ2v) is 7.48. The number of benzene rings is 2. The van der Waals surface area contributed by atoms with Crippen LogP contribution in [0, 0.1) is 12.8 Å². The van der Waals surface area contributed by atoms with E-state index in [1.54, 1.807) is 0 Å². The van der Waals surface area contributed by atoms with Gasteiger partial charge in [0, 0.05) is 18.7 Å². The first-order chi connectivity index (χ1) is 14.0. The van der Waals surface area contributed by atoms with Crippen LogP contribution < -0.4 is 16.2 Å². The van der Waals surface area contributed by atoms with Crippen LogP contribution in [0.15, 0.2) is 42.5 Å². The number of likely N-dealkylation sites (tertiary alicyclic amines) is 1. The van der Waals surface area contributed by atoms with Crippen LogP contribution >= 0.6 is 0 Å². The van der Waals surface area contributed by atoms with E-state index in [0.29, 0.717) is 35.0 Å². The van der Waals surface area contributed by atoms with Gasteiger partial charge < -0.3 is 21.1 Å². The van der Waals surface area contributed by atoms with Crippen LogP contribution in [-0.4, -0.2) is 40.5 Å². The van der Waals surface area contributed by atoms with Crippen LogP contribution in [0.4, 0.5) is 11.8 Å². The molecule has 1 aliphatic heterocycles. The summed E-state index contributed by atoms with van der Waals surface area (Å²) < 4.78 is 6.07. The molecule has 1 fully saturated rings. The van der Waals surface area contributed by atoms with Crippen molar-refractivity contribution in [1.29, 1.82) is 0 Å². The second kappa shape index (κ2) is 7.95. The SMILES string of the molecule is Cc1ccccc1C(=O)N1CCC(COc2cccc3nc(N)nc(N)c23)CC1. The molecular weight excluding hydrogens is 366 g/mol. The molecule has 0 bridgehead atoms. The summed E-state index contributed by atoms with van der Waals surface area (Å²) in [4.78, 5) is 23.0. The Labute approximate surface area is 169 Å². The number of anilines is 2. The summed E-state index contributed by atoms with van der Waals surface area (Å²) in [5, 5.41) is 0.689. The minimum Gasteiger partial charge on any atom is -0.492 e. The van der Waals surface area contributed by atoms with Gasteiger partial charge >= 0.3 is 0 Å². The van der Waals surface area contributed by atoms with Crippen molar-refractivity contribution in [3.8, 4) is 5.75 Å². The predicted octanol–water partition coefficient (Wildman–Crippen LogP) is 3.03. The molecule has 1 aromatic heterocycles. The number of carbonyl (C=O) groups excluding carboxylic acids is 1. The highest BCUT2D eigenvalue weighted by Gasteiger charge is 2.25. The van der Waals surface area contributed by atoms with Crippen molar-refractivity contribution in [3.05, 3.63) is 53.6 Å². The van der Waals surface area contributed by atoms with Gasteiger partial charge in [0.15, 0.2) is 0 Å². The molecule has 7 nitrogen and oxygen atoms in total. The number of aromatic nitrogens is 2. The Morgan fingerprint density at radius 3 is 2.62 bits per heavy atom. The number of hydrogen-bond acceptors (Lipinski definition) is 6. The Morgan fingerprint density at radius 2 is 1.86 bits per heavy atom. The van der Waals surface area contributed by atoms with E-state index in [1.165, 1.54) is 0 Å². The molecule has 2 heterocycles. The first-order valence-corrected chi connectivity index (χ1v) is 9.82. The number of amides is 1. The number of rotatable bonds is 4. The van der Waals surface area contributed by atoms with Gasteiger partial charge in [-0.05, 0) is 49.4 Å². The van der Waals surface area contributed by atoms with Crippen LogP contribution in [0.25, 0.3) is 10.9 Å². The highest BCUT2D eigenvalue weighted by atomic mass is 16.5. The van der Waals surface area contributed by atoms with E-state index in [-0.39, 0.29) is 11.9 Å². The lowest BCUT2D eigenvalue weighted by molar-refractivity contribution is 0.0661. The molecule has 3 aromatic rings. The Morgan fingerprint density at radius 1 is 1.10 bits per heavy atom. The Bertz CT molecular complexity index is 1040. The van der Waals surface area contributed by atoms with E-state index >= 15 is 0 Å². The second-order valence-electron chi connectivity index (χ2n) is 7.48. The van der Waals surface area contributed by atoms with E-state index in [0.717, 1.165) is 37.1 Å². The smallest absolute Gasteiger partial charge is 0.254 e. The van der Waals surface area contributed by atoms with Crippen LogP contribution in [0.5, 0.6) is 5.75 Å². The summed E-state index contributed by atoms with van der Waals surface area (Å²) in [5.41, 5.74) is 14.2. The Kier molecular flexibility index (Phi) is 5.20. The molecule has 0 spiro atoms. The first kappa shape index (κ1) is 19.0. The summed E-state index contributed by atoms with van der Waals surface area (Å²) >= 11 is 0. The fourth-order valence-electron chi connectivity index (χ4n) is 3.81. The highest BCUT2D eigenvalue weighted by Crippen LogP contribution is 2.30. The van der Waals surface area contributed by atoms with Gasteiger partial charge in [-0.2, -0.15) is 4.98 Å². The number of nitrogen functional groups attached to an aromatic ring is 2. The zero-order valence-electron chi connectivity index (χ0n) is 16.5. The maximum Gasteiger partial charge on any atom is 0.254 e. The lowest BCUT2D eigenvalue weighted by Crippen LogP contribution is -2.40. The van der Waals surface area contributed by atoms with Gasteiger partial charge in [0.25, 0.3) is 5.91 Å². The van der Waals surface area contributed by atoms with Crippen molar-refractivity contribution in [2.24, 2.45) is 5.92 Å². The van der Waals surface area contributed by atoms with Crippen molar-refractivity contribution in [1.82, 2.24) is 14.9 Å². The summed E-state index contributed by atoms with van der Waals surface area (Å²) in [5.74, 6) is 1.62. The number of fused-ring (bicyclic) bond motifs is 1.